The fourth-order valence-electron chi connectivity index (χ4n) is 2.10. The van der Waals surface area contributed by atoms with Gasteiger partial charge in [0, 0.05) is 5.56 Å². The lowest BCUT2D eigenvalue weighted by Gasteiger charge is -2.09. The highest BCUT2D eigenvalue weighted by atomic mass is 35.5. The Bertz CT molecular complexity index is 892. The molecule has 1 aromatic carbocycles. The van der Waals surface area contributed by atoms with Gasteiger partial charge in [0.1, 0.15) is 11.2 Å². The summed E-state index contributed by atoms with van der Waals surface area (Å²) in [7, 11) is 0. The van der Waals surface area contributed by atoms with Crippen molar-refractivity contribution in [2.45, 2.75) is 20.0 Å². The summed E-state index contributed by atoms with van der Waals surface area (Å²) in [6, 6.07) is 4.65. The number of aromatic nitrogens is 4. The first-order valence-corrected chi connectivity index (χ1v) is 6.99. The molecule has 2 heterocycles. The zero-order valence-corrected chi connectivity index (χ0v) is 12.9. The molecule has 0 unspecified atom stereocenters. The molecule has 0 saturated heterocycles. The maximum absolute atomic E-state index is 12.7. The van der Waals surface area contributed by atoms with Gasteiger partial charge in [0.05, 0.1) is 17.0 Å². The standard InChI is InChI=1S/C15H10ClF3N4/c1-7-8(2)21-13-12(20-7)11(22-14(16)23-13)9-3-5-10(6-4-9)15(17,18)19/h3-6H,1-2H3. The monoisotopic (exact) mass is 338 g/mol. The van der Waals surface area contributed by atoms with Crippen molar-refractivity contribution >= 4 is 22.8 Å². The second-order valence-electron chi connectivity index (χ2n) is 4.98. The lowest BCUT2D eigenvalue weighted by Crippen LogP contribution is -2.04. The van der Waals surface area contributed by atoms with E-state index in [2.05, 4.69) is 19.9 Å². The third-order valence-electron chi connectivity index (χ3n) is 3.40. The molecule has 0 aliphatic rings. The maximum Gasteiger partial charge on any atom is 0.416 e. The van der Waals surface area contributed by atoms with E-state index in [0.29, 0.717) is 33.8 Å². The van der Waals surface area contributed by atoms with E-state index in [1.165, 1.54) is 12.1 Å². The SMILES string of the molecule is Cc1nc2nc(Cl)nc(-c3ccc(C(F)(F)F)cc3)c2nc1C. The molecule has 0 radical (unpaired) electrons. The number of alkyl halides is 3. The zero-order chi connectivity index (χ0) is 16.8. The molecule has 3 aromatic rings. The molecule has 118 valence electrons. The number of hydrogen-bond donors (Lipinski definition) is 0. The highest BCUT2D eigenvalue weighted by molar-refractivity contribution is 6.28. The summed E-state index contributed by atoms with van der Waals surface area (Å²) in [5, 5.41) is -0.0371. The van der Waals surface area contributed by atoms with Gasteiger partial charge in [-0.3, -0.25) is 0 Å². The van der Waals surface area contributed by atoms with Crippen LogP contribution in [-0.4, -0.2) is 19.9 Å². The second kappa shape index (κ2) is 5.42. The molecule has 0 bridgehead atoms. The highest BCUT2D eigenvalue weighted by Crippen LogP contribution is 2.32. The third-order valence-corrected chi connectivity index (χ3v) is 3.57. The topological polar surface area (TPSA) is 51.6 Å². The molecular formula is C15H10ClF3N4. The van der Waals surface area contributed by atoms with Gasteiger partial charge in [-0.1, -0.05) is 12.1 Å². The predicted molar refractivity (Wildman–Crippen MR) is 80.1 cm³/mol. The number of benzene rings is 1. The number of aryl methyl sites for hydroxylation is 2. The average Bonchev–Trinajstić information content (AvgIpc) is 2.47. The van der Waals surface area contributed by atoms with Crippen LogP contribution in [0, 0.1) is 13.8 Å². The van der Waals surface area contributed by atoms with Crippen LogP contribution >= 0.6 is 11.6 Å². The van der Waals surface area contributed by atoms with Crippen LogP contribution in [0.1, 0.15) is 17.0 Å². The Hall–Kier alpha value is -2.28. The van der Waals surface area contributed by atoms with Gasteiger partial charge >= 0.3 is 6.18 Å². The fourth-order valence-corrected chi connectivity index (χ4v) is 2.27. The summed E-state index contributed by atoms with van der Waals surface area (Å²) in [5.74, 6) is 0. The van der Waals surface area contributed by atoms with E-state index >= 15 is 0 Å². The number of halogens is 4. The van der Waals surface area contributed by atoms with Gasteiger partial charge in [0.15, 0.2) is 5.65 Å². The van der Waals surface area contributed by atoms with E-state index in [9.17, 15) is 13.2 Å². The van der Waals surface area contributed by atoms with Crippen molar-refractivity contribution in [2.75, 3.05) is 0 Å². The Labute approximate surface area is 134 Å². The van der Waals surface area contributed by atoms with E-state index in [1.54, 1.807) is 13.8 Å². The summed E-state index contributed by atoms with van der Waals surface area (Å²) in [6.45, 7) is 3.57. The van der Waals surface area contributed by atoms with Crippen LogP contribution in [0.15, 0.2) is 24.3 Å². The van der Waals surface area contributed by atoms with Gasteiger partial charge in [-0.25, -0.2) is 15.0 Å². The van der Waals surface area contributed by atoms with E-state index in [-0.39, 0.29) is 5.28 Å². The maximum atomic E-state index is 12.7. The lowest BCUT2D eigenvalue weighted by atomic mass is 10.1. The molecular weight excluding hydrogens is 329 g/mol. The summed E-state index contributed by atoms with van der Waals surface area (Å²) in [4.78, 5) is 16.8. The van der Waals surface area contributed by atoms with Gasteiger partial charge in [-0.15, -0.1) is 0 Å². The normalized spacial score (nSPS) is 11.9. The van der Waals surface area contributed by atoms with Crippen LogP contribution in [0.2, 0.25) is 5.28 Å². The largest absolute Gasteiger partial charge is 0.416 e. The van der Waals surface area contributed by atoms with Crippen molar-refractivity contribution < 1.29 is 13.2 Å². The molecule has 23 heavy (non-hydrogen) atoms. The first-order chi connectivity index (χ1) is 10.8. The van der Waals surface area contributed by atoms with Crippen LogP contribution < -0.4 is 0 Å². The summed E-state index contributed by atoms with van der Waals surface area (Å²) in [5.41, 5.74) is 2.18. The Morgan fingerprint density at radius 2 is 1.48 bits per heavy atom. The van der Waals surface area contributed by atoms with Crippen molar-refractivity contribution in [3.05, 3.63) is 46.5 Å². The number of fused-ring (bicyclic) bond motifs is 1. The molecule has 8 heteroatoms. The van der Waals surface area contributed by atoms with Crippen molar-refractivity contribution in [1.82, 2.24) is 19.9 Å². The Morgan fingerprint density at radius 1 is 0.870 bits per heavy atom. The lowest BCUT2D eigenvalue weighted by molar-refractivity contribution is -0.137. The van der Waals surface area contributed by atoms with E-state index in [0.717, 1.165) is 12.1 Å². The first kappa shape index (κ1) is 15.6. The van der Waals surface area contributed by atoms with Crippen molar-refractivity contribution in [2.24, 2.45) is 0 Å². The highest BCUT2D eigenvalue weighted by Gasteiger charge is 2.30. The minimum absolute atomic E-state index is 0.0371. The first-order valence-electron chi connectivity index (χ1n) is 6.62. The minimum Gasteiger partial charge on any atom is -0.246 e. The molecule has 0 atom stereocenters. The van der Waals surface area contributed by atoms with Crippen LogP contribution in [0.3, 0.4) is 0 Å². The Kier molecular flexibility index (Phi) is 3.68. The number of hydrogen-bond acceptors (Lipinski definition) is 4. The van der Waals surface area contributed by atoms with Crippen molar-refractivity contribution in [1.29, 1.82) is 0 Å². The van der Waals surface area contributed by atoms with Crippen LogP contribution in [0.25, 0.3) is 22.4 Å². The summed E-state index contributed by atoms with van der Waals surface area (Å²) >= 11 is 5.90. The van der Waals surface area contributed by atoms with E-state index < -0.39 is 11.7 Å². The van der Waals surface area contributed by atoms with Gasteiger partial charge in [0.25, 0.3) is 0 Å². The van der Waals surface area contributed by atoms with Crippen LogP contribution in [-0.2, 0) is 6.18 Å². The molecule has 0 saturated carbocycles. The number of nitrogens with zero attached hydrogens (tertiary/aromatic N) is 4. The quantitative estimate of drug-likeness (QED) is 0.618. The van der Waals surface area contributed by atoms with Gasteiger partial charge in [0.2, 0.25) is 5.28 Å². The Morgan fingerprint density at radius 3 is 2.09 bits per heavy atom. The Balaban J connectivity index is 2.21. The smallest absolute Gasteiger partial charge is 0.246 e. The van der Waals surface area contributed by atoms with Crippen LogP contribution in [0.4, 0.5) is 13.2 Å². The van der Waals surface area contributed by atoms with Crippen LogP contribution in [0.5, 0.6) is 0 Å². The molecule has 0 fully saturated rings. The molecule has 0 spiro atoms. The molecule has 4 nitrogen and oxygen atoms in total. The van der Waals surface area contributed by atoms with Crippen molar-refractivity contribution in [3.8, 4) is 11.3 Å². The van der Waals surface area contributed by atoms with Gasteiger partial charge in [-0.2, -0.15) is 18.2 Å². The summed E-state index contributed by atoms with van der Waals surface area (Å²) < 4.78 is 38.0. The molecule has 0 N–H and O–H groups in total. The zero-order valence-electron chi connectivity index (χ0n) is 12.1. The minimum atomic E-state index is -4.39. The van der Waals surface area contributed by atoms with E-state index in [1.807, 2.05) is 0 Å². The number of rotatable bonds is 1. The van der Waals surface area contributed by atoms with Gasteiger partial charge < -0.3 is 0 Å². The van der Waals surface area contributed by atoms with E-state index in [4.69, 9.17) is 11.6 Å². The molecule has 0 aliphatic carbocycles. The average molecular weight is 339 g/mol. The van der Waals surface area contributed by atoms with Gasteiger partial charge in [-0.05, 0) is 37.6 Å². The summed E-state index contributed by atoms with van der Waals surface area (Å²) in [6.07, 6.45) is -4.39. The second-order valence-corrected chi connectivity index (χ2v) is 5.32. The fraction of sp³-hybridized carbons (Fsp3) is 0.200. The predicted octanol–water partition coefficient (Wildman–Crippen LogP) is 4.38. The molecule has 0 amide bonds. The third kappa shape index (κ3) is 2.96. The molecule has 0 aliphatic heterocycles. The molecule has 2 aromatic heterocycles. The molecule has 3 rings (SSSR count). The van der Waals surface area contributed by atoms with Crippen molar-refractivity contribution in [3.63, 3.8) is 0 Å².